The molecule has 0 saturated carbocycles. The third-order valence-electron chi connectivity index (χ3n) is 4.05. The number of anilines is 3. The molecule has 2 amide bonds. The van der Waals surface area contributed by atoms with E-state index in [2.05, 4.69) is 36.9 Å². The van der Waals surface area contributed by atoms with Crippen molar-refractivity contribution in [2.45, 2.75) is 6.54 Å². The van der Waals surface area contributed by atoms with Gasteiger partial charge in [0, 0.05) is 21.9 Å². The van der Waals surface area contributed by atoms with Crippen LogP contribution >= 0.6 is 15.9 Å². The Labute approximate surface area is 180 Å². The molecular formula is C19H19BrN6O4. The van der Waals surface area contributed by atoms with Crippen LogP contribution in [0.15, 0.2) is 46.9 Å². The van der Waals surface area contributed by atoms with Gasteiger partial charge in [0.25, 0.3) is 5.91 Å². The van der Waals surface area contributed by atoms with E-state index in [-0.39, 0.29) is 18.1 Å². The molecule has 30 heavy (non-hydrogen) atoms. The first-order valence-electron chi connectivity index (χ1n) is 8.69. The lowest BCUT2D eigenvalue weighted by Crippen LogP contribution is -2.21. The van der Waals surface area contributed by atoms with Gasteiger partial charge in [0.1, 0.15) is 6.54 Å². The number of nitrogen functional groups attached to an aromatic ring is 1. The fourth-order valence-electron chi connectivity index (χ4n) is 2.57. The highest BCUT2D eigenvalue weighted by Crippen LogP contribution is 2.29. The van der Waals surface area contributed by atoms with Gasteiger partial charge >= 0.3 is 0 Å². The molecule has 1 heterocycles. The first-order valence-corrected chi connectivity index (χ1v) is 9.48. The van der Waals surface area contributed by atoms with Crippen molar-refractivity contribution in [1.29, 1.82) is 0 Å². The summed E-state index contributed by atoms with van der Waals surface area (Å²) in [6, 6.07) is 12.0. The zero-order valence-electron chi connectivity index (χ0n) is 16.2. The minimum atomic E-state index is -0.527. The number of aromatic nitrogens is 3. The number of rotatable bonds is 7. The van der Waals surface area contributed by atoms with Gasteiger partial charge in [0.2, 0.25) is 5.91 Å². The number of carbonyl (C=O) groups excluding carboxylic acids is 2. The third-order valence-corrected chi connectivity index (χ3v) is 4.58. The standard InChI is InChI=1S/C19H19BrN6O4/c1-29-14-8-7-13(9-15(14)30-2)22-16(27)10-26-18(21)17(24-25-26)19(28)23-12-5-3-11(20)4-6-12/h3-9H,10,21H2,1-2H3,(H,22,27)(H,23,28). The Morgan fingerprint density at radius 2 is 1.70 bits per heavy atom. The summed E-state index contributed by atoms with van der Waals surface area (Å²) in [5.74, 6) is 0.0621. The van der Waals surface area contributed by atoms with E-state index in [9.17, 15) is 9.59 Å². The molecule has 10 nitrogen and oxygen atoms in total. The van der Waals surface area contributed by atoms with Crippen LogP contribution in [-0.2, 0) is 11.3 Å². The van der Waals surface area contributed by atoms with Gasteiger partial charge in [0.05, 0.1) is 14.2 Å². The fraction of sp³-hybridized carbons (Fsp3) is 0.158. The Kier molecular flexibility index (Phi) is 6.52. The average molecular weight is 475 g/mol. The average Bonchev–Trinajstić information content (AvgIpc) is 3.09. The predicted octanol–water partition coefficient (Wildman–Crippen LogP) is 2.53. The summed E-state index contributed by atoms with van der Waals surface area (Å²) in [4.78, 5) is 24.8. The molecule has 156 valence electrons. The molecule has 4 N–H and O–H groups in total. The molecule has 0 aliphatic carbocycles. The highest BCUT2D eigenvalue weighted by molar-refractivity contribution is 9.10. The maximum absolute atomic E-state index is 12.4. The summed E-state index contributed by atoms with van der Waals surface area (Å²) >= 11 is 3.32. The van der Waals surface area contributed by atoms with Crippen LogP contribution in [0.5, 0.6) is 11.5 Å². The molecule has 2 aromatic carbocycles. The number of nitrogens with zero attached hydrogens (tertiary/aromatic N) is 3. The Bertz CT molecular complexity index is 1070. The van der Waals surface area contributed by atoms with E-state index in [0.29, 0.717) is 22.9 Å². The Morgan fingerprint density at radius 1 is 1.03 bits per heavy atom. The number of hydrogen-bond acceptors (Lipinski definition) is 7. The van der Waals surface area contributed by atoms with E-state index in [4.69, 9.17) is 15.2 Å². The van der Waals surface area contributed by atoms with Crippen LogP contribution in [0.4, 0.5) is 17.2 Å². The topological polar surface area (TPSA) is 133 Å². The van der Waals surface area contributed by atoms with Crippen molar-refractivity contribution in [2.75, 3.05) is 30.6 Å². The Hall–Kier alpha value is -3.60. The summed E-state index contributed by atoms with van der Waals surface area (Å²) in [5.41, 5.74) is 6.96. The number of hydrogen-bond donors (Lipinski definition) is 3. The summed E-state index contributed by atoms with van der Waals surface area (Å²) < 4.78 is 12.4. The van der Waals surface area contributed by atoms with E-state index in [0.717, 1.165) is 9.15 Å². The molecule has 0 atom stereocenters. The van der Waals surface area contributed by atoms with Crippen molar-refractivity contribution in [1.82, 2.24) is 15.0 Å². The van der Waals surface area contributed by atoms with E-state index < -0.39 is 11.8 Å². The lowest BCUT2D eigenvalue weighted by molar-refractivity contribution is -0.116. The molecule has 0 radical (unpaired) electrons. The van der Waals surface area contributed by atoms with Crippen LogP contribution in [0.25, 0.3) is 0 Å². The molecule has 1 aromatic heterocycles. The molecule has 3 aromatic rings. The van der Waals surface area contributed by atoms with Gasteiger partial charge in [-0.25, -0.2) is 4.68 Å². The summed E-state index contributed by atoms with van der Waals surface area (Å²) in [6.45, 7) is -0.223. The van der Waals surface area contributed by atoms with Crippen LogP contribution in [0, 0.1) is 0 Å². The number of nitrogens with one attached hydrogen (secondary N) is 2. The molecule has 0 aliphatic rings. The first-order chi connectivity index (χ1) is 14.4. The lowest BCUT2D eigenvalue weighted by atomic mass is 10.2. The van der Waals surface area contributed by atoms with Crippen molar-refractivity contribution in [3.8, 4) is 11.5 Å². The molecular weight excluding hydrogens is 456 g/mol. The minimum absolute atomic E-state index is 0.0212. The fourth-order valence-corrected chi connectivity index (χ4v) is 2.84. The number of ether oxygens (including phenoxy) is 2. The predicted molar refractivity (Wildman–Crippen MR) is 115 cm³/mol. The minimum Gasteiger partial charge on any atom is -0.493 e. The van der Waals surface area contributed by atoms with Crippen LogP contribution < -0.4 is 25.8 Å². The summed E-state index contributed by atoms with van der Waals surface area (Å²) in [7, 11) is 3.02. The molecule has 0 aliphatic heterocycles. The molecule has 0 saturated heterocycles. The maximum Gasteiger partial charge on any atom is 0.280 e. The Morgan fingerprint density at radius 3 is 2.37 bits per heavy atom. The van der Waals surface area contributed by atoms with Crippen molar-refractivity contribution in [3.63, 3.8) is 0 Å². The number of methoxy groups -OCH3 is 2. The number of nitrogens with two attached hydrogens (primary N) is 1. The second-order valence-corrected chi connectivity index (χ2v) is 6.98. The first kappa shape index (κ1) is 21.1. The van der Waals surface area contributed by atoms with Crippen LogP contribution in [0.2, 0.25) is 0 Å². The third kappa shape index (κ3) is 4.87. The number of carbonyl (C=O) groups is 2. The van der Waals surface area contributed by atoms with E-state index in [1.165, 1.54) is 14.2 Å². The molecule has 11 heteroatoms. The summed E-state index contributed by atoms with van der Waals surface area (Å²) in [6.07, 6.45) is 0. The second-order valence-electron chi connectivity index (χ2n) is 6.06. The zero-order valence-corrected chi connectivity index (χ0v) is 17.8. The van der Waals surface area contributed by atoms with Crippen molar-refractivity contribution in [2.24, 2.45) is 0 Å². The van der Waals surface area contributed by atoms with Crippen LogP contribution in [0.3, 0.4) is 0 Å². The number of halogens is 1. The van der Waals surface area contributed by atoms with E-state index in [1.54, 1.807) is 42.5 Å². The largest absolute Gasteiger partial charge is 0.493 e. The number of benzene rings is 2. The van der Waals surface area contributed by atoms with Gasteiger partial charge in [0.15, 0.2) is 23.0 Å². The van der Waals surface area contributed by atoms with Gasteiger partial charge in [-0.1, -0.05) is 21.1 Å². The molecule has 0 bridgehead atoms. The van der Waals surface area contributed by atoms with Gasteiger partial charge < -0.3 is 25.8 Å². The van der Waals surface area contributed by atoms with Crippen LogP contribution in [-0.4, -0.2) is 41.0 Å². The molecule has 0 fully saturated rings. The molecule has 0 spiro atoms. The monoisotopic (exact) mass is 474 g/mol. The van der Waals surface area contributed by atoms with Crippen molar-refractivity contribution in [3.05, 3.63) is 52.6 Å². The number of amides is 2. The van der Waals surface area contributed by atoms with Crippen molar-refractivity contribution < 1.29 is 19.1 Å². The lowest BCUT2D eigenvalue weighted by Gasteiger charge is -2.11. The van der Waals surface area contributed by atoms with Crippen molar-refractivity contribution >= 4 is 44.9 Å². The maximum atomic E-state index is 12.4. The highest BCUT2D eigenvalue weighted by Gasteiger charge is 2.19. The van der Waals surface area contributed by atoms with Gasteiger partial charge in [-0.05, 0) is 36.4 Å². The normalized spacial score (nSPS) is 10.4. The smallest absolute Gasteiger partial charge is 0.280 e. The van der Waals surface area contributed by atoms with Gasteiger partial charge in [-0.2, -0.15) is 0 Å². The van der Waals surface area contributed by atoms with Gasteiger partial charge in [-0.15, -0.1) is 5.10 Å². The second kappa shape index (κ2) is 9.27. The summed E-state index contributed by atoms with van der Waals surface area (Å²) in [5, 5.41) is 13.0. The van der Waals surface area contributed by atoms with Gasteiger partial charge in [-0.3, -0.25) is 9.59 Å². The molecule has 0 unspecified atom stereocenters. The van der Waals surface area contributed by atoms with E-state index >= 15 is 0 Å². The Balaban J connectivity index is 1.66. The SMILES string of the molecule is COc1ccc(NC(=O)Cn2nnc(C(=O)Nc3ccc(Br)cc3)c2N)cc1OC. The van der Waals surface area contributed by atoms with Crippen LogP contribution in [0.1, 0.15) is 10.5 Å². The quantitative estimate of drug-likeness (QED) is 0.478. The molecule has 3 rings (SSSR count). The van der Waals surface area contributed by atoms with E-state index in [1.807, 2.05) is 0 Å². The highest BCUT2D eigenvalue weighted by atomic mass is 79.9. The zero-order chi connectivity index (χ0) is 21.7.